The van der Waals surface area contributed by atoms with Crippen molar-refractivity contribution in [2.75, 3.05) is 0 Å². The number of hydrogen-bond acceptors (Lipinski definition) is 2. The van der Waals surface area contributed by atoms with Gasteiger partial charge in [0.1, 0.15) is 5.75 Å². The third-order valence-electron chi connectivity index (χ3n) is 8.87. The zero-order valence-corrected chi connectivity index (χ0v) is 27.7. The van der Waals surface area contributed by atoms with Crippen LogP contribution in [0.5, 0.6) is 11.5 Å². The number of ether oxygens (including phenoxy) is 1. The van der Waals surface area contributed by atoms with Crippen LogP contribution in [0, 0.1) is 0 Å². The molecule has 6 aromatic carbocycles. The van der Waals surface area contributed by atoms with Crippen molar-refractivity contribution < 1.29 is 9.84 Å². The average Bonchev–Trinajstić information content (AvgIpc) is 3.13. The molecule has 0 saturated carbocycles. The Morgan fingerprint density at radius 1 is 0.553 bits per heavy atom. The molecule has 234 valence electrons. The fourth-order valence-corrected chi connectivity index (χ4v) is 11.2. The summed E-state index contributed by atoms with van der Waals surface area (Å²) in [6, 6.07) is 54.1. The van der Waals surface area contributed by atoms with E-state index >= 15 is 0 Å². The molecule has 0 amide bonds. The van der Waals surface area contributed by atoms with Crippen LogP contribution in [0.25, 0.3) is 11.1 Å². The van der Waals surface area contributed by atoms with Crippen LogP contribution in [-0.4, -0.2) is 5.11 Å². The Hall–Kier alpha value is -5.17. The van der Waals surface area contributed by atoms with Crippen molar-refractivity contribution in [1.29, 1.82) is 0 Å². The molecular formula is C44H41O2P. The van der Waals surface area contributed by atoms with Gasteiger partial charge < -0.3 is 5.11 Å². The van der Waals surface area contributed by atoms with Crippen LogP contribution >= 0.6 is 7.26 Å². The second kappa shape index (κ2) is 14.9. The van der Waals surface area contributed by atoms with E-state index in [-0.39, 0.29) is 5.75 Å². The summed E-state index contributed by atoms with van der Waals surface area (Å²) in [6.07, 6.45) is 6.03. The van der Waals surface area contributed by atoms with Crippen molar-refractivity contribution in [3.63, 3.8) is 0 Å². The van der Waals surface area contributed by atoms with Gasteiger partial charge in [-0.3, -0.25) is 0 Å². The molecule has 0 aliphatic rings. The first kappa shape index (κ1) is 31.8. The standard InChI is InChI=1S/C44H41O2P/c1-3-14-34-26-29-44(42(30-34)37-27-28-43(45)38(31-37)15-4-2)46-32-35-22-24-36(25-23-35)33-47(39-16-8-5-9-17-39,40-18-10-6-11-19-40)41-20-12-7-13-21-41/h3-13,16-31,45,47H,1-2,14-15,32-33H2. The SMILES string of the molecule is C=CCc1ccc(OCc2ccc(C[PH](c3ccccc3)(c3ccccc3)c3ccccc3)cc2)c(-c2ccc(O)c(CC=C)c2)c1. The Morgan fingerprint density at radius 3 is 1.64 bits per heavy atom. The zero-order valence-electron chi connectivity index (χ0n) is 26.7. The van der Waals surface area contributed by atoms with Gasteiger partial charge in [0.05, 0.1) is 0 Å². The summed E-state index contributed by atoms with van der Waals surface area (Å²) < 4.78 is 6.49. The molecule has 0 unspecified atom stereocenters. The Labute approximate surface area is 279 Å². The van der Waals surface area contributed by atoms with Crippen molar-refractivity contribution in [2.45, 2.75) is 25.6 Å². The summed E-state index contributed by atoms with van der Waals surface area (Å²) in [5.74, 6) is 1.08. The summed E-state index contributed by atoms with van der Waals surface area (Å²) in [5.41, 5.74) is 6.42. The average molecular weight is 633 g/mol. The monoisotopic (exact) mass is 632 g/mol. The molecule has 1 N–H and O–H groups in total. The molecule has 0 spiro atoms. The van der Waals surface area contributed by atoms with E-state index in [2.05, 4.69) is 141 Å². The van der Waals surface area contributed by atoms with Crippen LogP contribution in [0.3, 0.4) is 0 Å². The van der Waals surface area contributed by atoms with Gasteiger partial charge in [-0.1, -0.05) is 12.2 Å². The van der Waals surface area contributed by atoms with E-state index in [1.807, 2.05) is 24.3 Å². The molecule has 0 radical (unpaired) electrons. The van der Waals surface area contributed by atoms with Crippen LogP contribution in [0.1, 0.15) is 22.3 Å². The van der Waals surface area contributed by atoms with Crippen molar-refractivity contribution in [2.24, 2.45) is 0 Å². The van der Waals surface area contributed by atoms with Gasteiger partial charge in [0.15, 0.2) is 0 Å². The van der Waals surface area contributed by atoms with Gasteiger partial charge in [-0.25, -0.2) is 0 Å². The molecule has 2 nitrogen and oxygen atoms in total. The molecule has 0 bridgehead atoms. The first-order valence-electron chi connectivity index (χ1n) is 16.1. The van der Waals surface area contributed by atoms with Crippen LogP contribution in [0.4, 0.5) is 0 Å². The molecular weight excluding hydrogens is 591 g/mol. The second-order valence-corrected chi connectivity index (χ2v) is 15.8. The fraction of sp³-hybridized carbons (Fsp3) is 0.0909. The van der Waals surface area contributed by atoms with Crippen LogP contribution in [-0.2, 0) is 25.6 Å². The maximum atomic E-state index is 10.4. The topological polar surface area (TPSA) is 29.5 Å². The Balaban J connectivity index is 1.29. The third kappa shape index (κ3) is 7.14. The summed E-state index contributed by atoms with van der Waals surface area (Å²) in [6.45, 7) is 8.21. The van der Waals surface area contributed by atoms with E-state index in [0.717, 1.165) is 46.1 Å². The molecule has 47 heavy (non-hydrogen) atoms. The Kier molecular flexibility index (Phi) is 10.1. The predicted octanol–water partition coefficient (Wildman–Crippen LogP) is 9.32. The quantitative estimate of drug-likeness (QED) is 0.102. The van der Waals surface area contributed by atoms with Gasteiger partial charge in [0.25, 0.3) is 0 Å². The maximum absolute atomic E-state index is 10.4. The number of aromatic hydroxyl groups is 1. The number of allylic oxidation sites excluding steroid dienone is 2. The van der Waals surface area contributed by atoms with Crippen molar-refractivity contribution in [3.05, 3.63) is 199 Å². The minimum atomic E-state index is -2.39. The van der Waals surface area contributed by atoms with Crippen molar-refractivity contribution in [1.82, 2.24) is 0 Å². The predicted molar refractivity (Wildman–Crippen MR) is 202 cm³/mol. The van der Waals surface area contributed by atoms with Crippen molar-refractivity contribution >= 4 is 23.2 Å². The molecule has 0 heterocycles. The van der Waals surface area contributed by atoms with Gasteiger partial charge >= 0.3 is 238 Å². The first-order chi connectivity index (χ1) is 23.1. The molecule has 6 rings (SSSR count). The molecule has 6 aromatic rings. The number of phenolic OH excluding ortho intramolecular Hbond substituents is 1. The molecule has 0 fully saturated rings. The number of benzene rings is 6. The van der Waals surface area contributed by atoms with Gasteiger partial charge in [0.2, 0.25) is 0 Å². The van der Waals surface area contributed by atoms with E-state index in [1.165, 1.54) is 21.5 Å². The summed E-state index contributed by atoms with van der Waals surface area (Å²) >= 11 is 0. The van der Waals surface area contributed by atoms with E-state index in [0.29, 0.717) is 13.0 Å². The fourth-order valence-electron chi connectivity index (χ4n) is 6.49. The zero-order chi connectivity index (χ0) is 32.5. The van der Waals surface area contributed by atoms with Gasteiger partial charge in [0, 0.05) is 0 Å². The third-order valence-corrected chi connectivity index (χ3v) is 13.8. The Bertz CT molecular complexity index is 1830. The van der Waals surface area contributed by atoms with Gasteiger partial charge in [-0.2, -0.15) is 0 Å². The van der Waals surface area contributed by atoms with E-state index < -0.39 is 7.26 Å². The Morgan fingerprint density at radius 2 is 1.09 bits per heavy atom. The number of rotatable bonds is 13. The first-order valence-corrected chi connectivity index (χ1v) is 18.4. The van der Waals surface area contributed by atoms with Gasteiger partial charge in [-0.15, -0.1) is 13.2 Å². The molecule has 0 aromatic heterocycles. The summed E-state index contributed by atoms with van der Waals surface area (Å²) in [7, 11) is -2.39. The number of hydrogen-bond donors (Lipinski definition) is 1. The van der Waals surface area contributed by atoms with E-state index in [9.17, 15) is 5.11 Å². The van der Waals surface area contributed by atoms with Crippen LogP contribution in [0.2, 0.25) is 0 Å². The molecule has 0 aliphatic carbocycles. The summed E-state index contributed by atoms with van der Waals surface area (Å²) in [5, 5.41) is 14.6. The summed E-state index contributed by atoms with van der Waals surface area (Å²) in [4.78, 5) is 0. The normalized spacial score (nSPS) is 11.5. The van der Waals surface area contributed by atoms with Crippen LogP contribution < -0.4 is 20.7 Å². The van der Waals surface area contributed by atoms with E-state index in [4.69, 9.17) is 4.74 Å². The minimum absolute atomic E-state index is 0.275. The molecule has 0 saturated heterocycles. The van der Waals surface area contributed by atoms with Crippen LogP contribution in [0.15, 0.2) is 177 Å². The van der Waals surface area contributed by atoms with Crippen molar-refractivity contribution in [3.8, 4) is 22.6 Å². The van der Waals surface area contributed by atoms with Gasteiger partial charge in [-0.05, 0) is 6.42 Å². The molecule has 0 atom stereocenters. The number of phenols is 1. The second-order valence-electron chi connectivity index (χ2n) is 11.9. The molecule has 3 heteroatoms. The van der Waals surface area contributed by atoms with E-state index in [1.54, 1.807) is 12.1 Å². The molecule has 0 aliphatic heterocycles.